The molecule has 0 aromatic heterocycles. The zero-order chi connectivity index (χ0) is 19.0. The fourth-order valence-electron chi connectivity index (χ4n) is 3.41. The van der Waals surface area contributed by atoms with Gasteiger partial charge in [0.25, 0.3) is 11.8 Å². The fraction of sp³-hybridized carbons (Fsp3) is 0.273. The maximum absolute atomic E-state index is 12.9. The van der Waals surface area contributed by atoms with Gasteiger partial charge in [0.15, 0.2) is 0 Å². The van der Waals surface area contributed by atoms with Gasteiger partial charge in [-0.3, -0.25) is 14.5 Å². The number of carbonyl (C=O) groups is 2. The lowest BCUT2D eigenvalue weighted by Crippen LogP contribution is -2.32. The van der Waals surface area contributed by atoms with Crippen LogP contribution in [0.4, 0.5) is 5.69 Å². The zero-order valence-electron chi connectivity index (χ0n) is 15.9. The van der Waals surface area contributed by atoms with Gasteiger partial charge in [0.1, 0.15) is 5.70 Å². The second-order valence-corrected chi connectivity index (χ2v) is 6.87. The molecule has 1 aliphatic rings. The average Bonchev–Trinajstić information content (AvgIpc) is 2.80. The van der Waals surface area contributed by atoms with E-state index in [0.29, 0.717) is 17.8 Å². The molecule has 2 aromatic rings. The lowest BCUT2D eigenvalue weighted by molar-refractivity contribution is -0.136. The minimum atomic E-state index is -0.271. The van der Waals surface area contributed by atoms with Gasteiger partial charge in [-0.2, -0.15) is 0 Å². The molecule has 4 nitrogen and oxygen atoms in total. The number of hydrogen-bond donors (Lipinski definition) is 1. The van der Waals surface area contributed by atoms with Crippen LogP contribution >= 0.6 is 0 Å². The first kappa shape index (κ1) is 17.9. The van der Waals surface area contributed by atoms with Gasteiger partial charge in [-0.1, -0.05) is 41.5 Å². The molecule has 26 heavy (non-hydrogen) atoms. The molecule has 0 spiro atoms. The van der Waals surface area contributed by atoms with E-state index in [9.17, 15) is 9.59 Å². The maximum Gasteiger partial charge on any atom is 0.278 e. The third kappa shape index (κ3) is 3.03. The SMILES string of the molecule is CCN1C(=O)C(Nc2ccc(C)cc2C)=C(c2ccc(C)cc2C)C1=O. The summed E-state index contributed by atoms with van der Waals surface area (Å²) in [6.07, 6.45) is 0. The van der Waals surface area contributed by atoms with E-state index in [2.05, 4.69) is 11.4 Å². The lowest BCUT2D eigenvalue weighted by Gasteiger charge is -2.13. The average molecular weight is 348 g/mol. The molecule has 0 saturated carbocycles. The summed E-state index contributed by atoms with van der Waals surface area (Å²) in [7, 11) is 0. The Morgan fingerprint density at radius 1 is 0.846 bits per heavy atom. The number of imide groups is 1. The number of nitrogens with zero attached hydrogens (tertiary/aromatic N) is 1. The van der Waals surface area contributed by atoms with Crippen molar-refractivity contribution in [2.75, 3.05) is 11.9 Å². The molecule has 1 aliphatic heterocycles. The van der Waals surface area contributed by atoms with E-state index in [0.717, 1.165) is 33.5 Å². The molecule has 0 radical (unpaired) electrons. The number of nitrogens with one attached hydrogen (secondary N) is 1. The summed E-state index contributed by atoms with van der Waals surface area (Å²) in [4.78, 5) is 27.1. The summed E-state index contributed by atoms with van der Waals surface area (Å²) in [5.41, 5.74) is 6.75. The minimum absolute atomic E-state index is 0.239. The predicted octanol–water partition coefficient (Wildman–Crippen LogP) is 4.13. The van der Waals surface area contributed by atoms with E-state index < -0.39 is 0 Å². The van der Waals surface area contributed by atoms with Crippen LogP contribution in [0.2, 0.25) is 0 Å². The molecule has 134 valence electrons. The quantitative estimate of drug-likeness (QED) is 0.845. The summed E-state index contributed by atoms with van der Waals surface area (Å²) >= 11 is 0. The zero-order valence-corrected chi connectivity index (χ0v) is 15.9. The first-order valence-corrected chi connectivity index (χ1v) is 8.85. The molecule has 3 rings (SSSR count). The number of carbonyl (C=O) groups excluding carboxylic acids is 2. The molecule has 1 N–H and O–H groups in total. The Kier molecular flexibility index (Phi) is 4.68. The molecular formula is C22H24N2O2. The Labute approximate surface area is 154 Å². The second-order valence-electron chi connectivity index (χ2n) is 6.87. The van der Waals surface area contributed by atoms with Gasteiger partial charge >= 0.3 is 0 Å². The van der Waals surface area contributed by atoms with E-state index in [1.807, 2.05) is 65.0 Å². The van der Waals surface area contributed by atoms with Crippen molar-refractivity contribution in [3.8, 4) is 0 Å². The number of anilines is 1. The summed E-state index contributed by atoms with van der Waals surface area (Å²) in [6.45, 7) is 10.2. The van der Waals surface area contributed by atoms with Crippen molar-refractivity contribution in [1.82, 2.24) is 4.90 Å². The second kappa shape index (κ2) is 6.79. The van der Waals surface area contributed by atoms with Crippen LogP contribution < -0.4 is 5.32 Å². The van der Waals surface area contributed by atoms with Crippen molar-refractivity contribution in [2.24, 2.45) is 0 Å². The van der Waals surface area contributed by atoms with Crippen LogP contribution in [0.5, 0.6) is 0 Å². The summed E-state index contributed by atoms with van der Waals surface area (Å²) in [6, 6.07) is 11.9. The van der Waals surface area contributed by atoms with Crippen molar-refractivity contribution < 1.29 is 9.59 Å². The van der Waals surface area contributed by atoms with Gasteiger partial charge in [0.05, 0.1) is 5.57 Å². The summed E-state index contributed by atoms with van der Waals surface area (Å²) in [5, 5.41) is 3.24. The lowest BCUT2D eigenvalue weighted by atomic mass is 9.97. The van der Waals surface area contributed by atoms with E-state index >= 15 is 0 Å². The number of benzene rings is 2. The number of hydrogen-bond acceptors (Lipinski definition) is 3. The fourth-order valence-corrected chi connectivity index (χ4v) is 3.41. The Morgan fingerprint density at radius 3 is 2.04 bits per heavy atom. The van der Waals surface area contributed by atoms with Crippen LogP contribution in [0.15, 0.2) is 42.1 Å². The first-order chi connectivity index (χ1) is 12.3. The van der Waals surface area contributed by atoms with Crippen LogP contribution in [-0.4, -0.2) is 23.3 Å². The molecule has 2 aromatic carbocycles. The molecule has 0 aliphatic carbocycles. The van der Waals surface area contributed by atoms with Gasteiger partial charge < -0.3 is 5.32 Å². The molecule has 0 atom stereocenters. The van der Waals surface area contributed by atoms with Crippen molar-refractivity contribution >= 4 is 23.1 Å². The highest BCUT2D eigenvalue weighted by Crippen LogP contribution is 2.33. The molecule has 0 saturated heterocycles. The number of rotatable bonds is 4. The van der Waals surface area contributed by atoms with E-state index in [-0.39, 0.29) is 11.8 Å². The van der Waals surface area contributed by atoms with E-state index in [1.54, 1.807) is 0 Å². The molecule has 0 fully saturated rings. The number of aryl methyl sites for hydroxylation is 4. The van der Waals surface area contributed by atoms with Crippen molar-refractivity contribution in [3.05, 3.63) is 69.9 Å². The topological polar surface area (TPSA) is 49.4 Å². The van der Waals surface area contributed by atoms with Gasteiger partial charge in [-0.05, 0) is 57.4 Å². The van der Waals surface area contributed by atoms with Crippen molar-refractivity contribution in [3.63, 3.8) is 0 Å². The highest BCUT2D eigenvalue weighted by Gasteiger charge is 2.38. The smallest absolute Gasteiger partial charge is 0.278 e. The normalized spacial score (nSPS) is 14.4. The monoisotopic (exact) mass is 348 g/mol. The predicted molar refractivity (Wildman–Crippen MR) is 105 cm³/mol. The van der Waals surface area contributed by atoms with E-state index in [4.69, 9.17) is 0 Å². The molecule has 1 heterocycles. The van der Waals surface area contributed by atoms with Crippen molar-refractivity contribution in [2.45, 2.75) is 34.6 Å². The largest absolute Gasteiger partial charge is 0.350 e. The van der Waals surface area contributed by atoms with Crippen LogP contribution in [0.1, 0.15) is 34.7 Å². The third-order valence-electron chi connectivity index (χ3n) is 4.78. The van der Waals surface area contributed by atoms with Gasteiger partial charge in [-0.25, -0.2) is 0 Å². The number of amides is 2. The Bertz CT molecular complexity index is 941. The Hall–Kier alpha value is -2.88. The van der Waals surface area contributed by atoms with Crippen LogP contribution in [-0.2, 0) is 9.59 Å². The molecule has 0 unspecified atom stereocenters. The Balaban J connectivity index is 2.15. The highest BCUT2D eigenvalue weighted by molar-refractivity contribution is 6.36. The van der Waals surface area contributed by atoms with Crippen LogP contribution in [0.25, 0.3) is 5.57 Å². The number of likely N-dealkylation sites (N-methyl/N-ethyl adjacent to an activating group) is 1. The minimum Gasteiger partial charge on any atom is -0.350 e. The summed E-state index contributed by atoms with van der Waals surface area (Å²) < 4.78 is 0. The standard InChI is InChI=1S/C22H24N2O2/c1-6-24-21(25)19(17-9-7-13(2)11-15(17)4)20(22(24)26)23-18-10-8-14(3)12-16(18)5/h7-12,23H,6H2,1-5H3. The molecule has 0 bridgehead atoms. The van der Waals surface area contributed by atoms with E-state index in [1.165, 1.54) is 4.90 Å². The highest BCUT2D eigenvalue weighted by atomic mass is 16.2. The van der Waals surface area contributed by atoms with Crippen LogP contribution in [0, 0.1) is 27.7 Å². The third-order valence-corrected chi connectivity index (χ3v) is 4.78. The van der Waals surface area contributed by atoms with Gasteiger partial charge in [0.2, 0.25) is 0 Å². The Morgan fingerprint density at radius 2 is 1.46 bits per heavy atom. The van der Waals surface area contributed by atoms with Gasteiger partial charge in [-0.15, -0.1) is 0 Å². The molecular weight excluding hydrogens is 324 g/mol. The van der Waals surface area contributed by atoms with Crippen molar-refractivity contribution in [1.29, 1.82) is 0 Å². The molecule has 2 amide bonds. The van der Waals surface area contributed by atoms with Crippen LogP contribution in [0.3, 0.4) is 0 Å². The summed E-state index contributed by atoms with van der Waals surface area (Å²) in [5.74, 6) is -0.510. The first-order valence-electron chi connectivity index (χ1n) is 8.85. The molecule has 4 heteroatoms. The van der Waals surface area contributed by atoms with Gasteiger partial charge in [0, 0.05) is 12.2 Å². The maximum atomic E-state index is 12.9.